The fraction of sp³-hybridized carbons (Fsp3) is 0.400. The molecule has 2 aliphatic carbocycles. The Bertz CT molecular complexity index is 1290. The molecule has 0 spiro atoms. The van der Waals surface area contributed by atoms with Gasteiger partial charge in [-0.05, 0) is 96.5 Å². The summed E-state index contributed by atoms with van der Waals surface area (Å²) in [6, 6.07) is 28.2. The molecule has 4 atom stereocenters. The standard InChI is InChI=1S/2C20H24F2N2.2BrH.Ni/c2*21-17-9-5-15(6-10-17)13-23-19-3-1-2-4-20(19)24-14-16-7-11-18(22)12-8-16;;;/h2*5-12,19-20,23-24H,1-4,13-14H2;2*1H;/q;;;;+2/p-2/t2*19-,20-;;;/m11.../s1. The van der Waals surface area contributed by atoms with Crippen molar-refractivity contribution in [3.05, 3.63) is 143 Å². The zero-order valence-corrected chi connectivity index (χ0v) is 32.8. The van der Waals surface area contributed by atoms with E-state index >= 15 is 0 Å². The molecule has 2 fully saturated rings. The van der Waals surface area contributed by atoms with Gasteiger partial charge in [0.2, 0.25) is 0 Å². The van der Waals surface area contributed by atoms with Gasteiger partial charge in [-0.1, -0.05) is 74.2 Å². The molecule has 2 aliphatic rings. The monoisotopic (exact) mass is 876 g/mol. The molecule has 0 amide bonds. The van der Waals surface area contributed by atoms with E-state index in [-0.39, 0.29) is 23.3 Å². The molecule has 0 aliphatic heterocycles. The van der Waals surface area contributed by atoms with Gasteiger partial charge >= 0.3 is 39.3 Å². The molecule has 0 bridgehead atoms. The minimum absolute atomic E-state index is 0.199. The van der Waals surface area contributed by atoms with E-state index in [1.807, 2.05) is 48.5 Å². The molecule has 0 unspecified atom stereocenters. The average molecular weight is 879 g/mol. The molecular formula is C40H48Br2F4N4Ni. The van der Waals surface area contributed by atoms with E-state index in [0.717, 1.165) is 74.1 Å². The Morgan fingerprint density at radius 1 is 0.392 bits per heavy atom. The first-order valence-corrected chi connectivity index (χ1v) is 22.4. The van der Waals surface area contributed by atoms with E-state index in [9.17, 15) is 17.6 Å². The zero-order chi connectivity index (χ0) is 36.3. The summed E-state index contributed by atoms with van der Waals surface area (Å²) in [6.45, 7) is 3.00. The van der Waals surface area contributed by atoms with E-state index in [2.05, 4.69) is 49.7 Å². The molecule has 4 aromatic rings. The van der Waals surface area contributed by atoms with Crippen LogP contribution in [0.4, 0.5) is 17.6 Å². The van der Waals surface area contributed by atoms with Gasteiger partial charge in [0.1, 0.15) is 23.3 Å². The fourth-order valence-corrected chi connectivity index (χ4v) is 6.64. The third-order valence-corrected chi connectivity index (χ3v) is 9.46. The van der Waals surface area contributed by atoms with Crippen LogP contribution in [0.1, 0.15) is 73.6 Å². The van der Waals surface area contributed by atoms with Crippen molar-refractivity contribution in [2.24, 2.45) is 0 Å². The van der Waals surface area contributed by atoms with Crippen LogP contribution in [0.15, 0.2) is 97.1 Å². The summed E-state index contributed by atoms with van der Waals surface area (Å²) >= 11 is 6.00. The van der Waals surface area contributed by atoms with Crippen molar-refractivity contribution in [2.75, 3.05) is 0 Å². The quantitative estimate of drug-likeness (QED) is 0.0846. The van der Waals surface area contributed by atoms with Crippen molar-refractivity contribution >= 4 is 28.5 Å². The average Bonchev–Trinajstić information content (AvgIpc) is 3.15. The normalized spacial score (nSPS) is 20.1. The van der Waals surface area contributed by atoms with Crippen molar-refractivity contribution in [1.82, 2.24) is 21.3 Å². The summed E-state index contributed by atoms with van der Waals surface area (Å²) in [5.41, 5.74) is 4.39. The molecule has 0 saturated heterocycles. The predicted molar refractivity (Wildman–Crippen MR) is 203 cm³/mol. The summed E-state index contributed by atoms with van der Waals surface area (Å²) in [5.74, 6) is -0.795. The third-order valence-electron chi connectivity index (χ3n) is 9.46. The van der Waals surface area contributed by atoms with Gasteiger partial charge in [0.25, 0.3) is 0 Å². The molecule has 280 valence electrons. The van der Waals surface area contributed by atoms with E-state index in [4.69, 9.17) is 0 Å². The van der Waals surface area contributed by atoms with Crippen LogP contribution in [0.25, 0.3) is 0 Å². The van der Waals surface area contributed by atoms with Crippen molar-refractivity contribution < 1.29 is 28.5 Å². The molecule has 2 saturated carbocycles. The predicted octanol–water partition coefficient (Wildman–Crippen LogP) is 10.00. The van der Waals surface area contributed by atoms with Crippen LogP contribution in [0.3, 0.4) is 0 Å². The second-order valence-corrected chi connectivity index (χ2v) is 18.1. The number of hydrogen-bond donors (Lipinski definition) is 4. The first-order valence-electron chi connectivity index (χ1n) is 17.6. The topological polar surface area (TPSA) is 48.1 Å². The van der Waals surface area contributed by atoms with Gasteiger partial charge < -0.3 is 21.3 Å². The molecule has 4 nitrogen and oxygen atoms in total. The molecule has 6 rings (SSSR count). The Hall–Kier alpha value is -2.11. The minimum atomic E-state index is -0.199. The third kappa shape index (κ3) is 15.8. The van der Waals surface area contributed by atoms with Crippen molar-refractivity contribution in [2.45, 2.75) is 102 Å². The van der Waals surface area contributed by atoms with Crippen molar-refractivity contribution in [3.8, 4) is 0 Å². The molecule has 4 aromatic carbocycles. The van der Waals surface area contributed by atoms with Crippen LogP contribution < -0.4 is 21.3 Å². The number of halogens is 6. The van der Waals surface area contributed by atoms with Crippen LogP contribution in [0, 0.1) is 23.3 Å². The molecule has 4 N–H and O–H groups in total. The molecule has 0 aromatic heterocycles. The first kappa shape index (κ1) is 41.6. The van der Waals surface area contributed by atoms with Gasteiger partial charge in [0, 0.05) is 50.3 Å². The number of benzene rings is 4. The Morgan fingerprint density at radius 2 is 0.569 bits per heavy atom. The summed E-state index contributed by atoms with van der Waals surface area (Å²) in [7, 11) is 1.25. The van der Waals surface area contributed by atoms with Gasteiger partial charge in [-0.2, -0.15) is 0 Å². The number of rotatable bonds is 12. The van der Waals surface area contributed by atoms with Crippen LogP contribution in [0.5, 0.6) is 0 Å². The SMILES string of the molecule is Fc1ccc(CN[C@@H]2CCCC[C@H]2NCc2ccc(F)cc2)cc1.Fc1ccc(CN[C@@H]2CCCC[C@H]2NCc2ccc(F)cc2)cc1.[Br][Ni][Br]. The van der Waals surface area contributed by atoms with Gasteiger partial charge in [-0.3, -0.25) is 0 Å². The Morgan fingerprint density at radius 3 is 0.745 bits per heavy atom. The summed E-state index contributed by atoms with van der Waals surface area (Å²) in [5, 5.41) is 14.4. The molecule has 11 heteroatoms. The van der Waals surface area contributed by atoms with Gasteiger partial charge in [0.15, 0.2) is 0 Å². The van der Waals surface area contributed by atoms with E-state index in [0.29, 0.717) is 24.2 Å². The number of nitrogens with one attached hydrogen (secondary N) is 4. The summed E-state index contributed by atoms with van der Waals surface area (Å²) < 4.78 is 51.9. The number of hydrogen-bond acceptors (Lipinski definition) is 4. The zero-order valence-electron chi connectivity index (χ0n) is 28.6. The van der Waals surface area contributed by atoms with Crippen LogP contribution >= 0.6 is 28.5 Å². The van der Waals surface area contributed by atoms with E-state index in [1.54, 1.807) is 0 Å². The van der Waals surface area contributed by atoms with Crippen molar-refractivity contribution in [3.63, 3.8) is 0 Å². The summed E-state index contributed by atoms with van der Waals surface area (Å²) in [6.07, 6.45) is 9.49. The van der Waals surface area contributed by atoms with E-state index in [1.165, 1.54) is 85.1 Å². The second kappa shape index (κ2) is 23.5. The van der Waals surface area contributed by atoms with Crippen LogP contribution in [-0.2, 0) is 37.1 Å². The Labute approximate surface area is 320 Å². The van der Waals surface area contributed by atoms with Gasteiger partial charge in [0.05, 0.1) is 0 Å². The first-order chi connectivity index (χ1) is 24.8. The van der Waals surface area contributed by atoms with Crippen molar-refractivity contribution in [1.29, 1.82) is 0 Å². The molecule has 0 heterocycles. The van der Waals surface area contributed by atoms with Crippen LogP contribution in [0.2, 0.25) is 0 Å². The van der Waals surface area contributed by atoms with Gasteiger partial charge in [-0.15, -0.1) is 0 Å². The maximum atomic E-state index is 13.0. The summed E-state index contributed by atoms with van der Waals surface area (Å²) in [4.78, 5) is 0. The second-order valence-electron chi connectivity index (χ2n) is 13.1. The Balaban J connectivity index is 0.000000212. The maximum absolute atomic E-state index is 13.0. The molecule has 51 heavy (non-hydrogen) atoms. The molecule has 0 radical (unpaired) electrons. The van der Waals surface area contributed by atoms with Gasteiger partial charge in [-0.25, -0.2) is 17.6 Å². The Kier molecular flexibility index (Phi) is 19.2. The van der Waals surface area contributed by atoms with E-state index < -0.39 is 0 Å². The molecular weight excluding hydrogens is 831 g/mol. The van der Waals surface area contributed by atoms with Crippen LogP contribution in [-0.4, -0.2) is 24.2 Å². The fourth-order valence-electron chi connectivity index (χ4n) is 6.64.